The van der Waals surface area contributed by atoms with Crippen molar-refractivity contribution in [2.45, 2.75) is 83.0 Å². The number of carboxylic acids is 2. The summed E-state index contributed by atoms with van der Waals surface area (Å²) in [5.74, 6) is -4.49. The van der Waals surface area contributed by atoms with E-state index in [0.29, 0.717) is 24.9 Å². The van der Waals surface area contributed by atoms with Crippen molar-refractivity contribution >= 4 is 29.7 Å². The van der Waals surface area contributed by atoms with Gasteiger partial charge in [0, 0.05) is 12.8 Å². The molecule has 0 radical (unpaired) electrons. The Balaban J connectivity index is 3.12. The van der Waals surface area contributed by atoms with Crippen LogP contribution in [0.1, 0.15) is 57.9 Å². The Morgan fingerprint density at radius 2 is 1.38 bits per heavy atom. The molecule has 39 heavy (non-hydrogen) atoms. The number of aliphatic carboxylic acids is 2. The third-order valence-corrected chi connectivity index (χ3v) is 5.92. The zero-order valence-electron chi connectivity index (χ0n) is 22.4. The van der Waals surface area contributed by atoms with E-state index in [1.165, 1.54) is 12.1 Å². The molecule has 218 valence electrons. The van der Waals surface area contributed by atoms with Crippen molar-refractivity contribution in [2.24, 2.45) is 17.4 Å². The Kier molecular flexibility index (Phi) is 14.5. The summed E-state index contributed by atoms with van der Waals surface area (Å²) < 4.78 is 0. The second-order valence-electron chi connectivity index (χ2n) is 9.85. The first kappa shape index (κ1) is 33.3. The van der Waals surface area contributed by atoms with Gasteiger partial charge in [0.2, 0.25) is 17.7 Å². The molecule has 3 amide bonds. The largest absolute Gasteiger partial charge is 0.508 e. The third-order valence-electron chi connectivity index (χ3n) is 5.92. The number of benzene rings is 1. The summed E-state index contributed by atoms with van der Waals surface area (Å²) in [4.78, 5) is 61.6. The number of carbonyl (C=O) groups is 5. The summed E-state index contributed by atoms with van der Waals surface area (Å²) in [6.45, 7) is 4.04. The number of carboxylic acid groups (broad SMARTS) is 2. The molecule has 0 heterocycles. The fourth-order valence-corrected chi connectivity index (χ4v) is 3.76. The number of rotatable bonds is 18. The highest BCUT2D eigenvalue weighted by molar-refractivity contribution is 5.94. The summed E-state index contributed by atoms with van der Waals surface area (Å²) in [5.41, 5.74) is 11.8. The molecule has 0 spiro atoms. The van der Waals surface area contributed by atoms with Gasteiger partial charge in [0.25, 0.3) is 0 Å². The number of amides is 3. The van der Waals surface area contributed by atoms with Crippen LogP contribution in [0.2, 0.25) is 0 Å². The molecule has 0 bridgehead atoms. The molecular formula is C26H41N5O8. The molecule has 0 aliphatic rings. The molecule has 1 aromatic carbocycles. The van der Waals surface area contributed by atoms with Crippen LogP contribution in [0.15, 0.2) is 24.3 Å². The molecule has 13 nitrogen and oxygen atoms in total. The van der Waals surface area contributed by atoms with Gasteiger partial charge in [-0.2, -0.15) is 0 Å². The number of hydrogen-bond donors (Lipinski definition) is 8. The Morgan fingerprint density at radius 1 is 0.821 bits per heavy atom. The van der Waals surface area contributed by atoms with Crippen molar-refractivity contribution < 1.29 is 39.3 Å². The molecule has 1 rings (SSSR count). The lowest BCUT2D eigenvalue weighted by Gasteiger charge is -2.26. The first-order valence-electron chi connectivity index (χ1n) is 12.9. The molecule has 13 heteroatoms. The van der Waals surface area contributed by atoms with Gasteiger partial charge in [0.1, 0.15) is 23.9 Å². The summed E-state index contributed by atoms with van der Waals surface area (Å²) in [7, 11) is 0. The zero-order valence-corrected chi connectivity index (χ0v) is 22.4. The van der Waals surface area contributed by atoms with Crippen LogP contribution >= 0.6 is 0 Å². The smallest absolute Gasteiger partial charge is 0.326 e. The predicted molar refractivity (Wildman–Crippen MR) is 142 cm³/mol. The number of nitrogens with two attached hydrogens (primary N) is 2. The van der Waals surface area contributed by atoms with Gasteiger partial charge in [-0.25, -0.2) is 4.79 Å². The Morgan fingerprint density at radius 3 is 1.92 bits per heavy atom. The average molecular weight is 552 g/mol. The van der Waals surface area contributed by atoms with E-state index in [1.807, 2.05) is 13.8 Å². The Hall–Kier alpha value is -3.71. The average Bonchev–Trinajstić information content (AvgIpc) is 2.86. The molecule has 0 aliphatic heterocycles. The lowest BCUT2D eigenvalue weighted by atomic mass is 10.00. The van der Waals surface area contributed by atoms with Crippen molar-refractivity contribution in [3.8, 4) is 5.75 Å². The van der Waals surface area contributed by atoms with Crippen molar-refractivity contribution in [1.29, 1.82) is 0 Å². The van der Waals surface area contributed by atoms with E-state index in [4.69, 9.17) is 16.6 Å². The SMILES string of the molecule is CC(C)CC(NC(=O)C(N)CCC(=O)O)C(=O)NC(Cc1ccc(O)cc1)C(=O)NC(CCCCN)C(=O)O. The van der Waals surface area contributed by atoms with Crippen LogP contribution in [0.25, 0.3) is 0 Å². The molecule has 4 atom stereocenters. The molecule has 0 fully saturated rings. The van der Waals surface area contributed by atoms with Gasteiger partial charge < -0.3 is 42.7 Å². The Bertz CT molecular complexity index is 970. The van der Waals surface area contributed by atoms with Crippen LogP contribution in [0.5, 0.6) is 5.75 Å². The van der Waals surface area contributed by atoms with Crippen molar-refractivity contribution in [1.82, 2.24) is 16.0 Å². The van der Waals surface area contributed by atoms with E-state index in [1.54, 1.807) is 12.1 Å². The van der Waals surface area contributed by atoms with Crippen LogP contribution in [0.4, 0.5) is 0 Å². The van der Waals surface area contributed by atoms with Crippen molar-refractivity contribution in [3.63, 3.8) is 0 Å². The van der Waals surface area contributed by atoms with Gasteiger partial charge in [-0.1, -0.05) is 26.0 Å². The fourth-order valence-electron chi connectivity index (χ4n) is 3.76. The second-order valence-corrected chi connectivity index (χ2v) is 9.85. The number of nitrogens with one attached hydrogen (secondary N) is 3. The number of phenols is 1. The highest BCUT2D eigenvalue weighted by atomic mass is 16.4. The first-order valence-corrected chi connectivity index (χ1v) is 12.9. The molecular weight excluding hydrogens is 510 g/mol. The number of unbranched alkanes of at least 4 members (excludes halogenated alkanes) is 1. The molecule has 0 saturated carbocycles. The van der Waals surface area contributed by atoms with Crippen LogP contribution in [-0.4, -0.2) is 75.7 Å². The molecule has 0 aliphatic carbocycles. The van der Waals surface area contributed by atoms with E-state index < -0.39 is 53.8 Å². The maximum atomic E-state index is 13.3. The van der Waals surface area contributed by atoms with Gasteiger partial charge in [-0.05, 0) is 62.3 Å². The maximum Gasteiger partial charge on any atom is 0.326 e. The summed E-state index contributed by atoms with van der Waals surface area (Å²) in [6.07, 6.45) is 0.954. The highest BCUT2D eigenvalue weighted by Crippen LogP contribution is 2.13. The van der Waals surface area contributed by atoms with Gasteiger partial charge in [-0.15, -0.1) is 0 Å². The van der Waals surface area contributed by atoms with Crippen molar-refractivity contribution in [2.75, 3.05) is 6.54 Å². The minimum atomic E-state index is -1.23. The minimum absolute atomic E-state index is 0.00794. The molecule has 1 aromatic rings. The first-order chi connectivity index (χ1) is 18.3. The highest BCUT2D eigenvalue weighted by Gasteiger charge is 2.31. The predicted octanol–water partition coefficient (Wildman–Crippen LogP) is -0.159. The molecule has 0 aromatic heterocycles. The van der Waals surface area contributed by atoms with E-state index >= 15 is 0 Å². The minimum Gasteiger partial charge on any atom is -0.508 e. The topological polar surface area (TPSA) is 234 Å². The van der Waals surface area contributed by atoms with Crippen LogP contribution < -0.4 is 27.4 Å². The molecule has 10 N–H and O–H groups in total. The van der Waals surface area contributed by atoms with Crippen LogP contribution in [0, 0.1) is 5.92 Å². The summed E-state index contributed by atoms with van der Waals surface area (Å²) in [6, 6.07) is 1.33. The third kappa shape index (κ3) is 13.1. The van der Waals surface area contributed by atoms with E-state index in [-0.39, 0.29) is 43.8 Å². The van der Waals surface area contributed by atoms with E-state index in [9.17, 15) is 34.2 Å². The van der Waals surface area contributed by atoms with Crippen LogP contribution in [-0.2, 0) is 30.4 Å². The number of hydrogen-bond acceptors (Lipinski definition) is 8. The van der Waals surface area contributed by atoms with Crippen LogP contribution in [0.3, 0.4) is 0 Å². The van der Waals surface area contributed by atoms with Crippen molar-refractivity contribution in [3.05, 3.63) is 29.8 Å². The lowest BCUT2D eigenvalue weighted by Crippen LogP contribution is -2.57. The van der Waals surface area contributed by atoms with E-state index in [0.717, 1.165) is 0 Å². The molecule has 4 unspecified atom stereocenters. The number of phenolic OH excluding ortho intramolecular Hbond substituents is 1. The second kappa shape index (κ2) is 17.0. The lowest BCUT2D eigenvalue weighted by molar-refractivity contribution is -0.142. The zero-order chi connectivity index (χ0) is 29.5. The fraction of sp³-hybridized carbons (Fsp3) is 0.577. The molecule has 0 saturated heterocycles. The quantitative estimate of drug-likeness (QED) is 0.112. The number of carbonyl (C=O) groups excluding carboxylic acids is 3. The normalized spacial score (nSPS) is 14.1. The summed E-state index contributed by atoms with van der Waals surface area (Å²) in [5, 5.41) is 35.6. The summed E-state index contributed by atoms with van der Waals surface area (Å²) >= 11 is 0. The standard InChI is InChI=1S/C26H41N5O8/c1-15(2)13-20(30-23(35)18(28)10-11-22(33)34)24(36)31-21(14-16-6-8-17(32)9-7-16)25(37)29-19(26(38)39)5-3-4-12-27/h6-9,15,18-21,32H,3-5,10-14,27-28H2,1-2H3,(H,29,37)(H,30,35)(H,31,36)(H,33,34)(H,38,39). The van der Waals surface area contributed by atoms with Gasteiger partial charge in [0.15, 0.2) is 0 Å². The van der Waals surface area contributed by atoms with Gasteiger partial charge in [0.05, 0.1) is 6.04 Å². The maximum absolute atomic E-state index is 13.3. The van der Waals surface area contributed by atoms with Gasteiger partial charge in [-0.3, -0.25) is 19.2 Å². The monoisotopic (exact) mass is 551 g/mol. The Labute approximate surface area is 227 Å². The van der Waals surface area contributed by atoms with E-state index in [2.05, 4.69) is 16.0 Å². The van der Waals surface area contributed by atoms with Gasteiger partial charge >= 0.3 is 11.9 Å². The number of aromatic hydroxyl groups is 1.